The summed E-state index contributed by atoms with van der Waals surface area (Å²) in [6, 6.07) is 6.62. The number of unbranched alkanes of at least 4 members (excludes halogenated alkanes) is 13. The average molecular weight is 411 g/mol. The summed E-state index contributed by atoms with van der Waals surface area (Å²) in [7, 11) is -4.09. The van der Waals surface area contributed by atoms with Gasteiger partial charge >= 0.3 is 0 Å². The minimum Gasteiger partial charge on any atom is -0.282 e. The van der Waals surface area contributed by atoms with Crippen molar-refractivity contribution in [2.75, 3.05) is 0 Å². The maximum Gasteiger partial charge on any atom is 0.294 e. The molecule has 3 nitrogen and oxygen atoms in total. The van der Waals surface area contributed by atoms with Gasteiger partial charge in [-0.05, 0) is 30.0 Å². The molecular formula is C24H42O3S. The van der Waals surface area contributed by atoms with E-state index in [1.807, 2.05) is 12.1 Å². The Labute approximate surface area is 174 Å². The zero-order valence-corrected chi connectivity index (χ0v) is 19.0. The number of hydrogen-bond donors (Lipinski definition) is 1. The quantitative estimate of drug-likeness (QED) is 0.210. The Bertz CT molecular complexity index is 593. The molecule has 162 valence electrons. The molecule has 0 aliphatic rings. The van der Waals surface area contributed by atoms with Crippen LogP contribution < -0.4 is 0 Å². The Morgan fingerprint density at radius 1 is 0.714 bits per heavy atom. The van der Waals surface area contributed by atoms with Gasteiger partial charge in [0.05, 0.1) is 4.90 Å². The van der Waals surface area contributed by atoms with Gasteiger partial charge < -0.3 is 0 Å². The Balaban J connectivity index is 1.97. The third-order valence-corrected chi connectivity index (χ3v) is 6.61. The van der Waals surface area contributed by atoms with Crippen LogP contribution in [0.2, 0.25) is 0 Å². The van der Waals surface area contributed by atoms with Gasteiger partial charge in [0.15, 0.2) is 0 Å². The second-order valence-corrected chi connectivity index (χ2v) is 9.75. The third kappa shape index (κ3) is 11.9. The van der Waals surface area contributed by atoms with Crippen molar-refractivity contribution in [3.63, 3.8) is 0 Å². The van der Waals surface area contributed by atoms with E-state index in [0.29, 0.717) is 5.92 Å². The highest BCUT2D eigenvalue weighted by atomic mass is 32.2. The fourth-order valence-corrected chi connectivity index (χ4v) is 4.26. The average Bonchev–Trinajstić information content (AvgIpc) is 2.67. The van der Waals surface area contributed by atoms with E-state index in [0.717, 1.165) is 12.0 Å². The second-order valence-electron chi connectivity index (χ2n) is 8.33. The standard InChI is InChI=1S/C24H42O3S/c1-3-4-5-6-7-8-9-10-11-12-13-14-15-16-17-22(2)23-18-20-24(21-19-23)28(25,26)27/h18-22H,3-17H2,1-2H3,(H,25,26,27). The van der Waals surface area contributed by atoms with Gasteiger partial charge in [0.25, 0.3) is 10.1 Å². The number of hydrogen-bond acceptors (Lipinski definition) is 2. The summed E-state index contributed by atoms with van der Waals surface area (Å²) in [5.41, 5.74) is 1.14. The summed E-state index contributed by atoms with van der Waals surface area (Å²) < 4.78 is 31.2. The van der Waals surface area contributed by atoms with Gasteiger partial charge in [-0.25, -0.2) is 0 Å². The Kier molecular flexibility index (Phi) is 13.5. The van der Waals surface area contributed by atoms with Crippen molar-refractivity contribution in [3.05, 3.63) is 29.8 Å². The summed E-state index contributed by atoms with van der Waals surface area (Å²) in [6.07, 6.45) is 20.3. The van der Waals surface area contributed by atoms with Crippen LogP contribution in [0.3, 0.4) is 0 Å². The van der Waals surface area contributed by atoms with Crippen LogP contribution in [0.4, 0.5) is 0 Å². The molecule has 0 spiro atoms. The van der Waals surface area contributed by atoms with Crippen molar-refractivity contribution in [1.82, 2.24) is 0 Å². The first-order valence-electron chi connectivity index (χ1n) is 11.5. The predicted octanol–water partition coefficient (Wildman–Crippen LogP) is 7.91. The molecule has 0 aromatic heterocycles. The van der Waals surface area contributed by atoms with Crippen molar-refractivity contribution in [3.8, 4) is 0 Å². The molecule has 1 rings (SSSR count). The summed E-state index contributed by atoms with van der Waals surface area (Å²) >= 11 is 0. The van der Waals surface area contributed by atoms with Crippen LogP contribution in [0, 0.1) is 0 Å². The zero-order valence-electron chi connectivity index (χ0n) is 18.2. The van der Waals surface area contributed by atoms with Gasteiger partial charge in [0.2, 0.25) is 0 Å². The van der Waals surface area contributed by atoms with E-state index in [2.05, 4.69) is 13.8 Å². The van der Waals surface area contributed by atoms with Crippen LogP contribution in [0.25, 0.3) is 0 Å². The van der Waals surface area contributed by atoms with E-state index < -0.39 is 10.1 Å². The van der Waals surface area contributed by atoms with Crippen LogP contribution in [0.5, 0.6) is 0 Å². The van der Waals surface area contributed by atoms with Crippen LogP contribution in [0.1, 0.15) is 122 Å². The Morgan fingerprint density at radius 2 is 1.11 bits per heavy atom. The molecule has 0 heterocycles. The van der Waals surface area contributed by atoms with E-state index in [4.69, 9.17) is 4.55 Å². The van der Waals surface area contributed by atoms with Gasteiger partial charge in [0.1, 0.15) is 0 Å². The molecule has 0 fully saturated rings. The van der Waals surface area contributed by atoms with Crippen LogP contribution in [-0.4, -0.2) is 13.0 Å². The van der Waals surface area contributed by atoms with Crippen LogP contribution in [-0.2, 0) is 10.1 Å². The maximum atomic E-state index is 11.1. The molecule has 1 N–H and O–H groups in total. The molecule has 4 heteroatoms. The molecule has 0 aliphatic carbocycles. The molecule has 0 bridgehead atoms. The van der Waals surface area contributed by atoms with Crippen molar-refractivity contribution in [1.29, 1.82) is 0 Å². The Hall–Kier alpha value is -0.870. The minimum absolute atomic E-state index is 0.0278. The van der Waals surface area contributed by atoms with Gasteiger partial charge in [-0.2, -0.15) is 8.42 Å². The predicted molar refractivity (Wildman–Crippen MR) is 120 cm³/mol. The van der Waals surface area contributed by atoms with E-state index in [9.17, 15) is 8.42 Å². The van der Waals surface area contributed by atoms with Gasteiger partial charge in [-0.1, -0.05) is 116 Å². The topological polar surface area (TPSA) is 54.4 Å². The SMILES string of the molecule is CCCCCCCCCCCCCCCCC(C)c1ccc(S(=O)(=O)O)cc1. The van der Waals surface area contributed by atoms with Crippen molar-refractivity contribution >= 4 is 10.1 Å². The lowest BCUT2D eigenvalue weighted by Crippen LogP contribution is -1.99. The zero-order chi connectivity index (χ0) is 20.7. The summed E-state index contributed by atoms with van der Waals surface area (Å²) in [5, 5.41) is 0. The fraction of sp³-hybridized carbons (Fsp3) is 0.750. The van der Waals surface area contributed by atoms with Crippen molar-refractivity contribution in [2.45, 2.75) is 121 Å². The molecule has 1 aromatic carbocycles. The highest BCUT2D eigenvalue weighted by Crippen LogP contribution is 2.23. The number of rotatable bonds is 17. The van der Waals surface area contributed by atoms with E-state index in [-0.39, 0.29) is 4.90 Å². The largest absolute Gasteiger partial charge is 0.294 e. The van der Waals surface area contributed by atoms with Gasteiger partial charge in [-0.15, -0.1) is 0 Å². The lowest BCUT2D eigenvalue weighted by molar-refractivity contribution is 0.483. The third-order valence-electron chi connectivity index (χ3n) is 5.74. The molecule has 0 amide bonds. The monoisotopic (exact) mass is 410 g/mol. The van der Waals surface area contributed by atoms with Gasteiger partial charge in [-0.3, -0.25) is 4.55 Å². The smallest absolute Gasteiger partial charge is 0.282 e. The van der Waals surface area contributed by atoms with E-state index in [1.54, 1.807) is 0 Å². The van der Waals surface area contributed by atoms with E-state index in [1.165, 1.54) is 102 Å². The second kappa shape index (κ2) is 15.0. The van der Waals surface area contributed by atoms with Gasteiger partial charge in [0, 0.05) is 0 Å². The molecule has 28 heavy (non-hydrogen) atoms. The molecule has 0 aliphatic heterocycles. The lowest BCUT2D eigenvalue weighted by atomic mass is 9.94. The molecule has 1 atom stereocenters. The highest BCUT2D eigenvalue weighted by Gasteiger charge is 2.11. The first-order chi connectivity index (χ1) is 13.4. The number of benzene rings is 1. The molecule has 1 aromatic rings. The summed E-state index contributed by atoms with van der Waals surface area (Å²) in [6.45, 7) is 4.46. The first kappa shape index (κ1) is 25.2. The van der Waals surface area contributed by atoms with Crippen molar-refractivity contribution in [2.24, 2.45) is 0 Å². The first-order valence-corrected chi connectivity index (χ1v) is 13.0. The summed E-state index contributed by atoms with van der Waals surface area (Å²) in [4.78, 5) is -0.0278. The molecule has 1 unspecified atom stereocenters. The normalized spacial score (nSPS) is 13.0. The Morgan fingerprint density at radius 3 is 1.50 bits per heavy atom. The highest BCUT2D eigenvalue weighted by molar-refractivity contribution is 7.85. The minimum atomic E-state index is -4.09. The molecular weight excluding hydrogens is 368 g/mol. The molecule has 0 saturated heterocycles. The molecule has 0 saturated carbocycles. The molecule has 0 radical (unpaired) electrons. The fourth-order valence-electron chi connectivity index (χ4n) is 3.78. The van der Waals surface area contributed by atoms with E-state index >= 15 is 0 Å². The van der Waals surface area contributed by atoms with Crippen molar-refractivity contribution < 1.29 is 13.0 Å². The van der Waals surface area contributed by atoms with Crippen LogP contribution >= 0.6 is 0 Å². The van der Waals surface area contributed by atoms with Crippen LogP contribution in [0.15, 0.2) is 29.2 Å². The lowest BCUT2D eigenvalue weighted by Gasteiger charge is -2.12. The summed E-state index contributed by atoms with van der Waals surface area (Å²) in [5.74, 6) is 0.424. The maximum absolute atomic E-state index is 11.1.